The summed E-state index contributed by atoms with van der Waals surface area (Å²) < 4.78 is 84.4. The number of benzene rings is 2. The first kappa shape index (κ1) is 59.3. The van der Waals surface area contributed by atoms with E-state index in [1.165, 1.54) is 11.8 Å². The second kappa shape index (κ2) is 25.6. The fourth-order valence-corrected chi connectivity index (χ4v) is 22.5. The number of fused-ring (bicyclic) bond motifs is 6. The van der Waals surface area contributed by atoms with Gasteiger partial charge in [0, 0.05) is 61.2 Å². The molecule has 0 aliphatic heterocycles. The van der Waals surface area contributed by atoms with Crippen LogP contribution >= 0.6 is 27.0 Å². The number of amides is 1. The van der Waals surface area contributed by atoms with E-state index in [1.807, 2.05) is 47.9 Å². The van der Waals surface area contributed by atoms with Gasteiger partial charge >= 0.3 is 15.2 Å². The maximum Gasteiger partial charge on any atom is 0.346 e. The summed E-state index contributed by atoms with van der Waals surface area (Å²) in [5.74, 6) is 3.19. The van der Waals surface area contributed by atoms with Crippen LogP contribution < -0.4 is 10.2 Å². The predicted molar refractivity (Wildman–Crippen MR) is 294 cm³/mol. The third kappa shape index (κ3) is 12.9. The van der Waals surface area contributed by atoms with E-state index in [9.17, 15) is 27.4 Å². The molecule has 7 rings (SSSR count). The highest BCUT2D eigenvalue weighted by Gasteiger charge is 2.63. The molecule has 0 radical (unpaired) electrons. The normalized spacial score (nSPS) is 27.7. The zero-order valence-electron chi connectivity index (χ0n) is 45.6. The number of aliphatic hydroxyl groups is 1. The van der Waals surface area contributed by atoms with Crippen LogP contribution in [0.25, 0.3) is 10.8 Å². The van der Waals surface area contributed by atoms with Gasteiger partial charge in [0.05, 0.1) is 50.9 Å². The lowest BCUT2D eigenvalue weighted by atomic mass is 9.43. The van der Waals surface area contributed by atoms with Crippen LogP contribution in [-0.2, 0) is 52.7 Å². The topological polar surface area (TPSA) is 198 Å². The number of unbranched alkanes of at least 4 members (excludes halogenated alkanes) is 1. The Morgan fingerprint density at radius 1 is 0.892 bits per heavy atom. The molecule has 74 heavy (non-hydrogen) atoms. The molecule has 4 aliphatic rings. The summed E-state index contributed by atoms with van der Waals surface area (Å²) in [5.41, 5.74) is 2.13. The molecule has 4 aliphatic carbocycles. The minimum absolute atomic E-state index is 0.00775. The van der Waals surface area contributed by atoms with Crippen molar-refractivity contribution >= 4 is 59.4 Å². The SMILES string of the molecule is CCOP(=O)(OCC)C(CSCCNC(=O)CC[C@@H](C)[C@H]1CC[C@H]2[C@@H]3[C@H](O)CC4C[C@H](n5cc(CCCCOS(=O)(=O)c6cccc7c(N(C)C)cccc67)nn5)CC[C@]4(C)[C@H]3CC[C@]12C)P(=O)(OCC)OCC. The standard InChI is InChI=1S/C54H87N5O11P2S2/c1-10-66-71(62,67-11-2)51(72(63,68-12-3)69-13-4)37-73-33-31-55-50(61)26-23-38(5)44-24-25-45-52-46(28-30-54(44,45)7)53(6)29-27-41(34-39(53)35-48(52)60)59-36-40(56-57-59)18-14-15-32-70-74(64,65)49-22-17-19-42-43(49)20-16-21-47(42)58(8)9/h16-17,19-22,36,38-39,41,44-46,48,51-52,60H,10-15,18,23-35,37H2,1-9H3,(H,55,61)/t38-,39?,41-,44-,45+,46+,48-,52+,53+,54-/m1/s1. The third-order valence-electron chi connectivity index (χ3n) is 17.7. The molecule has 2 N–H and O–H groups in total. The van der Waals surface area contributed by atoms with Gasteiger partial charge in [0.15, 0.2) is 5.40 Å². The summed E-state index contributed by atoms with van der Waals surface area (Å²) in [6.45, 7) is 15.2. The fourth-order valence-electron chi connectivity index (χ4n) is 14.1. The summed E-state index contributed by atoms with van der Waals surface area (Å²) in [6, 6.07) is 11.2. The van der Waals surface area contributed by atoms with Crippen molar-refractivity contribution in [3.05, 3.63) is 48.3 Å². The number of anilines is 1. The zero-order chi connectivity index (χ0) is 53.5. The lowest BCUT2D eigenvalue weighted by molar-refractivity contribution is -0.169. The second-order valence-corrected chi connectivity index (χ2v) is 29.7. The van der Waals surface area contributed by atoms with Crippen LogP contribution in [-0.4, -0.2) is 111 Å². The maximum atomic E-state index is 13.9. The predicted octanol–water partition coefficient (Wildman–Crippen LogP) is 11.5. The number of thioether (sulfide) groups is 1. The fraction of sp³-hybridized carbons (Fsp3) is 0.759. The quantitative estimate of drug-likeness (QED) is 0.0395. The lowest BCUT2D eigenvalue weighted by Gasteiger charge is -2.62. The van der Waals surface area contributed by atoms with Crippen LogP contribution in [0.1, 0.15) is 137 Å². The van der Waals surface area contributed by atoms with Gasteiger partial charge in [-0.1, -0.05) is 50.3 Å². The Balaban J connectivity index is 0.856. The van der Waals surface area contributed by atoms with Crippen LogP contribution in [0.15, 0.2) is 47.5 Å². The molecule has 0 bridgehead atoms. The van der Waals surface area contributed by atoms with E-state index >= 15 is 0 Å². The molecule has 1 aromatic heterocycles. The first-order chi connectivity index (χ1) is 35.3. The maximum absolute atomic E-state index is 13.9. The van der Waals surface area contributed by atoms with E-state index in [0.717, 1.165) is 81.0 Å². The monoisotopic (exact) mass is 1110 g/mol. The largest absolute Gasteiger partial charge is 0.393 e. The van der Waals surface area contributed by atoms with Crippen LogP contribution in [0, 0.1) is 46.3 Å². The van der Waals surface area contributed by atoms with Gasteiger partial charge in [-0.3, -0.25) is 18.1 Å². The van der Waals surface area contributed by atoms with Crippen molar-refractivity contribution in [1.29, 1.82) is 0 Å². The number of rotatable bonds is 28. The molecule has 0 spiro atoms. The number of aromatic nitrogens is 3. The summed E-state index contributed by atoms with van der Waals surface area (Å²) in [7, 11) is -7.73. The molecule has 1 unspecified atom stereocenters. The summed E-state index contributed by atoms with van der Waals surface area (Å²) >= 11 is 1.41. The van der Waals surface area contributed by atoms with Crippen molar-refractivity contribution in [3.8, 4) is 0 Å². The molecule has 16 nitrogen and oxygen atoms in total. The Morgan fingerprint density at radius 3 is 2.22 bits per heavy atom. The van der Waals surface area contributed by atoms with Gasteiger partial charge in [-0.2, -0.15) is 20.2 Å². The highest BCUT2D eigenvalue weighted by Crippen LogP contribution is 2.71. The van der Waals surface area contributed by atoms with Gasteiger partial charge in [-0.05, 0) is 163 Å². The molecule has 20 heteroatoms. The number of carbonyl (C=O) groups is 1. The average molecular weight is 1110 g/mol. The minimum atomic E-state index is -3.95. The van der Waals surface area contributed by atoms with Gasteiger partial charge in [0.2, 0.25) is 5.91 Å². The van der Waals surface area contributed by atoms with Crippen molar-refractivity contribution in [2.45, 2.75) is 154 Å². The molecule has 416 valence electrons. The minimum Gasteiger partial charge on any atom is -0.393 e. The molecular formula is C54H87N5O11P2S2. The van der Waals surface area contributed by atoms with Crippen molar-refractivity contribution in [1.82, 2.24) is 20.3 Å². The number of nitrogens with one attached hydrogen (secondary N) is 1. The van der Waals surface area contributed by atoms with E-state index in [1.54, 1.807) is 39.8 Å². The van der Waals surface area contributed by atoms with E-state index in [-0.39, 0.29) is 78.5 Å². The molecular weight excluding hydrogens is 1020 g/mol. The van der Waals surface area contributed by atoms with E-state index in [4.69, 9.17) is 22.3 Å². The Kier molecular flexibility index (Phi) is 20.5. The molecule has 4 saturated carbocycles. The molecule has 10 atom stereocenters. The van der Waals surface area contributed by atoms with E-state index in [2.05, 4.69) is 42.6 Å². The molecule has 1 heterocycles. The second-order valence-electron chi connectivity index (χ2n) is 22.1. The molecule has 0 saturated heterocycles. The zero-order valence-corrected chi connectivity index (χ0v) is 49.0. The highest BCUT2D eigenvalue weighted by molar-refractivity contribution is 8.00. The van der Waals surface area contributed by atoms with Gasteiger partial charge < -0.3 is 33.4 Å². The highest BCUT2D eigenvalue weighted by atomic mass is 32.2. The number of hydrogen-bond acceptors (Lipinski definition) is 15. The number of nitrogens with zero attached hydrogens (tertiary/aromatic N) is 4. The van der Waals surface area contributed by atoms with Gasteiger partial charge in [-0.15, -0.1) is 5.10 Å². The Bertz CT molecular complexity index is 2500. The number of aliphatic hydroxyl groups excluding tert-OH is 1. The summed E-state index contributed by atoms with van der Waals surface area (Å²) in [5, 5.41) is 24.8. The summed E-state index contributed by atoms with van der Waals surface area (Å²) in [4.78, 5) is 15.4. The van der Waals surface area contributed by atoms with E-state index in [0.29, 0.717) is 66.5 Å². The third-order valence-corrected chi connectivity index (χ3v) is 26.6. The number of aryl methyl sites for hydroxylation is 1. The van der Waals surface area contributed by atoms with Crippen LogP contribution in [0.3, 0.4) is 0 Å². The first-order valence-corrected chi connectivity index (χ1v) is 33.4. The first-order valence-electron chi connectivity index (χ1n) is 27.6. The van der Waals surface area contributed by atoms with Gasteiger partial charge in [-0.25, -0.2) is 4.68 Å². The smallest absolute Gasteiger partial charge is 0.346 e. The molecule has 4 fully saturated rings. The summed E-state index contributed by atoms with van der Waals surface area (Å²) in [6.07, 6.45) is 13.4. The van der Waals surface area contributed by atoms with Gasteiger partial charge in [0.1, 0.15) is 4.90 Å². The molecule has 1 amide bonds. The Labute approximate surface area is 446 Å². The molecule has 2 aromatic carbocycles. The Hall–Kier alpha value is -2.37. The van der Waals surface area contributed by atoms with Crippen molar-refractivity contribution in [3.63, 3.8) is 0 Å². The lowest BCUT2D eigenvalue weighted by Crippen LogP contribution is -2.58. The van der Waals surface area contributed by atoms with Crippen LogP contribution in [0.5, 0.6) is 0 Å². The van der Waals surface area contributed by atoms with Gasteiger partial charge in [0.25, 0.3) is 10.1 Å². The molecule has 3 aromatic rings. The van der Waals surface area contributed by atoms with Crippen molar-refractivity contribution < 1.29 is 49.7 Å². The van der Waals surface area contributed by atoms with Crippen LogP contribution in [0.2, 0.25) is 0 Å². The van der Waals surface area contributed by atoms with E-state index < -0.39 is 30.7 Å². The number of carbonyl (C=O) groups excluding carboxylic acids is 1. The van der Waals surface area contributed by atoms with Crippen molar-refractivity contribution in [2.24, 2.45) is 46.3 Å². The average Bonchev–Trinajstić information content (AvgIpc) is 3.98. The van der Waals surface area contributed by atoms with Crippen molar-refractivity contribution in [2.75, 3.05) is 70.1 Å². The number of hydrogen-bond donors (Lipinski definition) is 2. The Morgan fingerprint density at radius 2 is 1.54 bits per heavy atom. The van der Waals surface area contributed by atoms with Crippen LogP contribution in [0.4, 0.5) is 5.69 Å².